The average molecular weight is 533 g/mol. The Morgan fingerprint density at radius 3 is 2.05 bits per heavy atom. The minimum atomic E-state index is -0.0652. The van der Waals surface area contributed by atoms with Gasteiger partial charge in [0, 0.05) is 28.8 Å². The van der Waals surface area contributed by atoms with Crippen LogP contribution in [0.4, 0.5) is 5.69 Å². The van der Waals surface area contributed by atoms with Crippen molar-refractivity contribution in [3.63, 3.8) is 0 Å². The third kappa shape index (κ3) is 10.3. The zero-order chi connectivity index (χ0) is 28.6. The SMILES string of the molecule is C1CCC1.C=CC.CC.CC(C)C(=O)Nc1ccc(-c2nc3ccc(C(=O)NC4CCCCC4)cc3[nH]2)cc1. The van der Waals surface area contributed by atoms with Crippen LogP contribution in [0.15, 0.2) is 55.1 Å². The first-order valence-electron chi connectivity index (χ1n) is 14.7. The second kappa shape index (κ2) is 17.2. The third-order valence-electron chi connectivity index (χ3n) is 6.63. The van der Waals surface area contributed by atoms with Gasteiger partial charge in [-0.2, -0.15) is 0 Å². The summed E-state index contributed by atoms with van der Waals surface area (Å²) >= 11 is 0. The molecule has 0 unspecified atom stereocenters. The molecule has 212 valence electrons. The topological polar surface area (TPSA) is 86.9 Å². The van der Waals surface area contributed by atoms with E-state index in [9.17, 15) is 9.59 Å². The van der Waals surface area contributed by atoms with Gasteiger partial charge < -0.3 is 15.6 Å². The van der Waals surface area contributed by atoms with Crippen LogP contribution in [0.2, 0.25) is 0 Å². The van der Waals surface area contributed by atoms with Gasteiger partial charge >= 0.3 is 0 Å². The lowest BCUT2D eigenvalue weighted by Gasteiger charge is -2.22. The number of aromatic nitrogens is 2. The number of carbonyl (C=O) groups excluding carboxylic acids is 2. The van der Waals surface area contributed by atoms with Crippen molar-refractivity contribution in [3.8, 4) is 11.4 Å². The molecule has 1 aromatic heterocycles. The number of amides is 2. The lowest BCUT2D eigenvalue weighted by molar-refractivity contribution is -0.118. The van der Waals surface area contributed by atoms with E-state index in [0.29, 0.717) is 5.56 Å². The Morgan fingerprint density at radius 2 is 1.51 bits per heavy atom. The number of nitrogens with one attached hydrogen (secondary N) is 3. The number of anilines is 1. The molecule has 2 aliphatic carbocycles. The third-order valence-corrected chi connectivity index (χ3v) is 6.63. The fourth-order valence-corrected chi connectivity index (χ4v) is 4.05. The van der Waals surface area contributed by atoms with Crippen LogP contribution in [0.3, 0.4) is 0 Å². The number of hydrogen-bond acceptors (Lipinski definition) is 3. The molecule has 6 nitrogen and oxygen atoms in total. The van der Waals surface area contributed by atoms with Crippen LogP contribution in [-0.4, -0.2) is 27.8 Å². The molecule has 2 fully saturated rings. The van der Waals surface area contributed by atoms with E-state index in [0.717, 1.165) is 41.0 Å². The molecule has 2 aromatic carbocycles. The lowest BCUT2D eigenvalue weighted by Crippen LogP contribution is -2.36. The molecule has 5 rings (SSSR count). The summed E-state index contributed by atoms with van der Waals surface area (Å²) in [6.07, 6.45) is 13.5. The molecule has 1 heterocycles. The number of imidazole rings is 1. The van der Waals surface area contributed by atoms with Crippen molar-refractivity contribution in [3.05, 3.63) is 60.7 Å². The maximum Gasteiger partial charge on any atom is 0.251 e. The van der Waals surface area contributed by atoms with Crippen molar-refractivity contribution in [1.29, 1.82) is 0 Å². The lowest BCUT2D eigenvalue weighted by atomic mass is 9.95. The van der Waals surface area contributed by atoms with Crippen LogP contribution < -0.4 is 10.6 Å². The van der Waals surface area contributed by atoms with Gasteiger partial charge in [0.15, 0.2) is 0 Å². The zero-order valence-corrected chi connectivity index (χ0v) is 24.6. The number of H-pyrrole nitrogens is 1. The first-order valence-corrected chi connectivity index (χ1v) is 14.7. The van der Waals surface area contributed by atoms with E-state index in [1.54, 1.807) is 6.08 Å². The number of aromatic amines is 1. The molecule has 3 N–H and O–H groups in total. The van der Waals surface area contributed by atoms with Gasteiger partial charge in [0.1, 0.15) is 5.82 Å². The Hall–Kier alpha value is -3.41. The van der Waals surface area contributed by atoms with Gasteiger partial charge in [-0.1, -0.05) is 78.7 Å². The minimum Gasteiger partial charge on any atom is -0.349 e. The molecule has 6 heteroatoms. The fourth-order valence-electron chi connectivity index (χ4n) is 4.05. The van der Waals surface area contributed by atoms with E-state index in [2.05, 4.69) is 27.2 Å². The maximum absolute atomic E-state index is 12.6. The van der Waals surface area contributed by atoms with E-state index >= 15 is 0 Å². The van der Waals surface area contributed by atoms with Gasteiger partial charge in [0.05, 0.1) is 11.0 Å². The van der Waals surface area contributed by atoms with Crippen molar-refractivity contribution >= 4 is 28.5 Å². The molecule has 0 spiro atoms. The smallest absolute Gasteiger partial charge is 0.251 e. The predicted molar refractivity (Wildman–Crippen MR) is 165 cm³/mol. The molecule has 0 bridgehead atoms. The highest BCUT2D eigenvalue weighted by molar-refractivity contribution is 5.98. The quantitative estimate of drug-likeness (QED) is 0.287. The van der Waals surface area contributed by atoms with Gasteiger partial charge in [0.25, 0.3) is 5.91 Å². The van der Waals surface area contributed by atoms with Gasteiger partial charge in [-0.25, -0.2) is 4.98 Å². The number of rotatable bonds is 5. The Kier molecular flexibility index (Phi) is 14.1. The van der Waals surface area contributed by atoms with Gasteiger partial charge in [-0.3, -0.25) is 9.59 Å². The predicted octanol–water partition coefficient (Wildman–Crippen LogP) is 8.67. The number of hydrogen-bond donors (Lipinski definition) is 3. The number of carbonyl (C=O) groups is 2. The van der Waals surface area contributed by atoms with E-state index in [1.807, 2.05) is 77.1 Å². The summed E-state index contributed by atoms with van der Waals surface area (Å²) in [5, 5.41) is 6.05. The summed E-state index contributed by atoms with van der Waals surface area (Å²) in [5.41, 5.74) is 3.97. The molecule has 0 saturated heterocycles. The zero-order valence-electron chi connectivity index (χ0n) is 24.6. The Bertz CT molecular complexity index is 1150. The maximum atomic E-state index is 12.6. The summed E-state index contributed by atoms with van der Waals surface area (Å²) < 4.78 is 0. The molecule has 0 aliphatic heterocycles. The highest BCUT2D eigenvalue weighted by Gasteiger charge is 2.17. The van der Waals surface area contributed by atoms with Crippen LogP contribution in [0, 0.1) is 5.92 Å². The highest BCUT2D eigenvalue weighted by Crippen LogP contribution is 2.24. The van der Waals surface area contributed by atoms with Gasteiger partial charge in [-0.15, -0.1) is 6.58 Å². The van der Waals surface area contributed by atoms with Gasteiger partial charge in [-0.05, 0) is 62.2 Å². The number of fused-ring (bicyclic) bond motifs is 1. The summed E-state index contributed by atoms with van der Waals surface area (Å²) in [6.45, 7) is 13.0. The van der Waals surface area contributed by atoms with Crippen LogP contribution in [0.1, 0.15) is 103 Å². The first kappa shape index (κ1) is 31.8. The molecular weight excluding hydrogens is 484 g/mol. The number of benzene rings is 2. The van der Waals surface area contributed by atoms with Crippen LogP contribution in [0.25, 0.3) is 22.4 Å². The molecule has 2 saturated carbocycles. The molecule has 0 atom stereocenters. The van der Waals surface area contributed by atoms with Crippen LogP contribution in [-0.2, 0) is 4.79 Å². The Morgan fingerprint density at radius 1 is 0.949 bits per heavy atom. The van der Waals surface area contributed by atoms with E-state index in [1.165, 1.54) is 44.9 Å². The molecule has 2 amide bonds. The highest BCUT2D eigenvalue weighted by atomic mass is 16.2. The molecule has 3 aromatic rings. The van der Waals surface area contributed by atoms with Gasteiger partial charge in [0.2, 0.25) is 5.91 Å². The Labute approximate surface area is 235 Å². The van der Waals surface area contributed by atoms with Crippen molar-refractivity contribution < 1.29 is 9.59 Å². The number of allylic oxidation sites excluding steroid dienone is 1. The summed E-state index contributed by atoms with van der Waals surface area (Å²) in [4.78, 5) is 32.4. The molecule has 0 radical (unpaired) electrons. The number of nitrogens with zero attached hydrogens (tertiary/aromatic N) is 1. The van der Waals surface area contributed by atoms with Crippen molar-refractivity contribution in [2.45, 2.75) is 98.4 Å². The van der Waals surface area contributed by atoms with E-state index < -0.39 is 0 Å². The summed E-state index contributed by atoms with van der Waals surface area (Å²) in [6, 6.07) is 13.4. The molecule has 39 heavy (non-hydrogen) atoms. The van der Waals surface area contributed by atoms with E-state index in [-0.39, 0.29) is 23.8 Å². The van der Waals surface area contributed by atoms with Crippen molar-refractivity contribution in [2.75, 3.05) is 5.32 Å². The molecule has 2 aliphatic rings. The largest absolute Gasteiger partial charge is 0.349 e. The van der Waals surface area contributed by atoms with Crippen molar-refractivity contribution in [2.24, 2.45) is 5.92 Å². The monoisotopic (exact) mass is 532 g/mol. The minimum absolute atomic E-state index is 0.00878. The second-order valence-electron chi connectivity index (χ2n) is 10.2. The van der Waals surface area contributed by atoms with Crippen LogP contribution >= 0.6 is 0 Å². The summed E-state index contributed by atoms with van der Waals surface area (Å²) in [7, 11) is 0. The first-order chi connectivity index (χ1) is 18.9. The standard InChI is InChI=1S/C24H28N4O2.C4H8.C3H6.C2H6/c1-15(2)23(29)25-19-11-8-16(9-12-19)22-27-20-13-10-17(14-21(20)28-22)24(30)26-18-6-4-3-5-7-18;1-2-4-3-1;1-3-2;1-2/h8-15,18H,3-7H2,1-2H3,(H,25,29)(H,26,30)(H,27,28);1-4H2;3H,1H2,2H3;1-2H3. The fraction of sp³-hybridized carbons (Fsp3) is 0.485. The second-order valence-corrected chi connectivity index (χ2v) is 10.2. The average Bonchev–Trinajstić information content (AvgIpc) is 3.34. The summed E-state index contributed by atoms with van der Waals surface area (Å²) in [5.74, 6) is 0.636. The van der Waals surface area contributed by atoms with E-state index in [4.69, 9.17) is 0 Å². The normalized spacial score (nSPS) is 14.3. The Balaban J connectivity index is 0.000000515. The van der Waals surface area contributed by atoms with Crippen LogP contribution in [0.5, 0.6) is 0 Å². The molecular formula is C33H48N4O2. The van der Waals surface area contributed by atoms with Crippen molar-refractivity contribution in [1.82, 2.24) is 15.3 Å².